The highest BCUT2D eigenvalue weighted by molar-refractivity contribution is 14.1. The topological polar surface area (TPSA) is 105 Å². The average molecular weight is 518 g/mol. The van der Waals surface area contributed by atoms with E-state index in [1.165, 1.54) is 9.13 Å². The summed E-state index contributed by atoms with van der Waals surface area (Å²) in [5.74, 6) is -1.10. The minimum Gasteiger partial charge on any atom is -0.480 e. The first-order valence-corrected chi connectivity index (χ1v) is 10.9. The van der Waals surface area contributed by atoms with Gasteiger partial charge in [0.1, 0.15) is 11.6 Å². The van der Waals surface area contributed by atoms with E-state index in [0.29, 0.717) is 25.8 Å². The lowest BCUT2D eigenvalue weighted by molar-refractivity contribution is -0.139. The van der Waals surface area contributed by atoms with Gasteiger partial charge < -0.3 is 20.5 Å². The molecule has 162 valence electrons. The Hall–Kier alpha value is -1.84. The molecule has 0 aromatic heterocycles. The SMILES string of the molecule is CC(C)(C)OC(=O)N[C@@H](CCCCNC(=O)CCCc1ccc(I)cc1)C(=O)O. The van der Waals surface area contributed by atoms with E-state index in [-0.39, 0.29) is 12.3 Å². The molecule has 0 saturated carbocycles. The van der Waals surface area contributed by atoms with Gasteiger partial charge in [-0.15, -0.1) is 0 Å². The Kier molecular flexibility index (Phi) is 11.0. The van der Waals surface area contributed by atoms with E-state index in [9.17, 15) is 19.5 Å². The number of amides is 2. The fourth-order valence-corrected chi connectivity index (χ4v) is 2.96. The number of ether oxygens (including phenoxy) is 1. The summed E-state index contributed by atoms with van der Waals surface area (Å²) in [6.45, 7) is 5.63. The molecule has 1 rings (SSSR count). The second kappa shape index (κ2) is 12.7. The Morgan fingerprint density at radius 3 is 2.34 bits per heavy atom. The summed E-state index contributed by atoms with van der Waals surface area (Å²) in [7, 11) is 0. The fourth-order valence-electron chi connectivity index (χ4n) is 2.60. The van der Waals surface area contributed by atoms with Crippen molar-refractivity contribution in [2.45, 2.75) is 70.9 Å². The Labute approximate surface area is 186 Å². The van der Waals surface area contributed by atoms with Gasteiger partial charge in [0, 0.05) is 16.5 Å². The Morgan fingerprint density at radius 1 is 1.10 bits per heavy atom. The van der Waals surface area contributed by atoms with Crippen molar-refractivity contribution in [1.82, 2.24) is 10.6 Å². The number of hydrogen-bond donors (Lipinski definition) is 3. The lowest BCUT2D eigenvalue weighted by atomic mass is 10.1. The molecule has 0 unspecified atom stereocenters. The Balaban J connectivity index is 2.18. The number of rotatable bonds is 11. The van der Waals surface area contributed by atoms with Crippen LogP contribution >= 0.6 is 22.6 Å². The van der Waals surface area contributed by atoms with Gasteiger partial charge >= 0.3 is 12.1 Å². The summed E-state index contributed by atoms with van der Waals surface area (Å²) in [5, 5.41) is 14.5. The predicted molar refractivity (Wildman–Crippen MR) is 120 cm³/mol. The molecule has 0 radical (unpaired) electrons. The number of carboxylic acids is 1. The van der Waals surface area contributed by atoms with Gasteiger partial charge in [-0.1, -0.05) is 12.1 Å². The molecule has 1 aromatic rings. The van der Waals surface area contributed by atoms with Crippen molar-refractivity contribution in [2.75, 3.05) is 6.54 Å². The largest absolute Gasteiger partial charge is 0.480 e. The third-order valence-corrected chi connectivity index (χ3v) is 4.73. The lowest BCUT2D eigenvalue weighted by Crippen LogP contribution is -2.43. The van der Waals surface area contributed by atoms with Crippen LogP contribution in [0.15, 0.2) is 24.3 Å². The van der Waals surface area contributed by atoms with Crippen LogP contribution in [0.3, 0.4) is 0 Å². The zero-order valence-electron chi connectivity index (χ0n) is 17.3. The Morgan fingerprint density at radius 2 is 1.76 bits per heavy atom. The van der Waals surface area contributed by atoms with Gasteiger partial charge in [0.15, 0.2) is 0 Å². The second-order valence-corrected chi connectivity index (χ2v) is 9.11. The van der Waals surface area contributed by atoms with Crippen LogP contribution in [0.25, 0.3) is 0 Å². The first-order chi connectivity index (χ1) is 13.6. The predicted octanol–water partition coefficient (Wildman–Crippen LogP) is 3.88. The number of alkyl carbamates (subject to hydrolysis) is 1. The van der Waals surface area contributed by atoms with E-state index in [2.05, 4.69) is 57.5 Å². The molecule has 0 saturated heterocycles. The molecule has 0 heterocycles. The molecule has 2 amide bonds. The summed E-state index contributed by atoms with van der Waals surface area (Å²) in [6, 6.07) is 7.25. The van der Waals surface area contributed by atoms with Gasteiger partial charge in [0.25, 0.3) is 0 Å². The van der Waals surface area contributed by atoms with Gasteiger partial charge in [0.2, 0.25) is 5.91 Å². The Bertz CT molecular complexity index is 671. The van der Waals surface area contributed by atoms with Crippen LogP contribution in [0.4, 0.5) is 4.79 Å². The fraction of sp³-hybridized carbons (Fsp3) is 0.571. The molecule has 29 heavy (non-hydrogen) atoms. The first kappa shape index (κ1) is 25.2. The standard InChI is InChI=1S/C21H31IN2O5/c1-21(2,3)29-20(28)24-17(19(26)27)8-4-5-14-23-18(25)9-6-7-15-10-12-16(22)13-11-15/h10-13,17H,4-9,14H2,1-3H3,(H,23,25)(H,24,28)(H,26,27)/t17-/m0/s1. The van der Waals surface area contributed by atoms with Gasteiger partial charge in [-0.3, -0.25) is 4.79 Å². The van der Waals surface area contributed by atoms with Crippen molar-refractivity contribution in [3.8, 4) is 0 Å². The van der Waals surface area contributed by atoms with Crippen molar-refractivity contribution < 1.29 is 24.2 Å². The molecule has 0 aliphatic carbocycles. The molecule has 0 fully saturated rings. The molecular weight excluding hydrogens is 487 g/mol. The third-order valence-electron chi connectivity index (χ3n) is 4.01. The lowest BCUT2D eigenvalue weighted by Gasteiger charge is -2.22. The normalized spacial score (nSPS) is 12.1. The average Bonchev–Trinajstić information content (AvgIpc) is 2.60. The molecule has 3 N–H and O–H groups in total. The number of halogens is 1. The van der Waals surface area contributed by atoms with E-state index in [1.807, 2.05) is 0 Å². The highest BCUT2D eigenvalue weighted by atomic mass is 127. The summed E-state index contributed by atoms with van der Waals surface area (Å²) < 4.78 is 6.27. The quantitative estimate of drug-likeness (QED) is 0.305. The van der Waals surface area contributed by atoms with Gasteiger partial charge in [-0.2, -0.15) is 0 Å². The van der Waals surface area contributed by atoms with Gasteiger partial charge in [-0.05, 0) is 93.2 Å². The summed E-state index contributed by atoms with van der Waals surface area (Å²) in [5.41, 5.74) is 0.534. The number of carboxylic acid groups (broad SMARTS) is 1. The molecule has 8 heteroatoms. The highest BCUT2D eigenvalue weighted by Crippen LogP contribution is 2.10. The zero-order valence-corrected chi connectivity index (χ0v) is 19.5. The minimum atomic E-state index is -1.10. The zero-order chi connectivity index (χ0) is 21.9. The molecule has 0 aliphatic rings. The maximum Gasteiger partial charge on any atom is 0.408 e. The molecule has 1 atom stereocenters. The number of benzene rings is 1. The molecule has 7 nitrogen and oxygen atoms in total. The van der Waals surface area contributed by atoms with Gasteiger partial charge in [-0.25, -0.2) is 9.59 Å². The van der Waals surface area contributed by atoms with Crippen LogP contribution in [0.5, 0.6) is 0 Å². The number of aryl methyl sites for hydroxylation is 1. The van der Waals surface area contributed by atoms with Crippen LogP contribution in [-0.2, 0) is 20.7 Å². The van der Waals surface area contributed by atoms with Crippen molar-refractivity contribution >= 4 is 40.6 Å². The third kappa shape index (κ3) is 12.4. The molecule has 0 spiro atoms. The van der Waals surface area contributed by atoms with Crippen molar-refractivity contribution in [3.05, 3.63) is 33.4 Å². The number of carbonyl (C=O) groups is 3. The van der Waals surface area contributed by atoms with E-state index in [4.69, 9.17) is 4.74 Å². The second-order valence-electron chi connectivity index (χ2n) is 7.86. The van der Waals surface area contributed by atoms with Crippen LogP contribution in [0.2, 0.25) is 0 Å². The van der Waals surface area contributed by atoms with Crippen LogP contribution in [0, 0.1) is 3.57 Å². The van der Waals surface area contributed by atoms with Crippen LogP contribution < -0.4 is 10.6 Å². The molecule has 0 aliphatic heterocycles. The summed E-state index contributed by atoms with van der Waals surface area (Å²) >= 11 is 2.26. The van der Waals surface area contributed by atoms with E-state index in [0.717, 1.165) is 12.8 Å². The minimum absolute atomic E-state index is 0.00261. The maximum absolute atomic E-state index is 11.9. The highest BCUT2D eigenvalue weighted by Gasteiger charge is 2.23. The monoisotopic (exact) mass is 518 g/mol. The number of unbranched alkanes of at least 4 members (excludes halogenated alkanes) is 1. The van der Waals surface area contributed by atoms with E-state index in [1.54, 1.807) is 20.8 Å². The van der Waals surface area contributed by atoms with Gasteiger partial charge in [0.05, 0.1) is 0 Å². The number of carbonyl (C=O) groups excluding carboxylic acids is 2. The number of hydrogen-bond acceptors (Lipinski definition) is 4. The first-order valence-electron chi connectivity index (χ1n) is 9.80. The van der Waals surface area contributed by atoms with Crippen molar-refractivity contribution in [3.63, 3.8) is 0 Å². The van der Waals surface area contributed by atoms with Crippen LogP contribution in [-0.4, -0.2) is 41.3 Å². The molecule has 1 aromatic carbocycles. The summed E-state index contributed by atoms with van der Waals surface area (Å²) in [6.07, 6.45) is 2.85. The van der Waals surface area contributed by atoms with Crippen LogP contribution in [0.1, 0.15) is 58.4 Å². The maximum atomic E-state index is 11.9. The van der Waals surface area contributed by atoms with Crippen molar-refractivity contribution in [1.29, 1.82) is 0 Å². The van der Waals surface area contributed by atoms with E-state index < -0.39 is 23.7 Å². The summed E-state index contributed by atoms with van der Waals surface area (Å²) in [4.78, 5) is 34.9. The van der Waals surface area contributed by atoms with Crippen molar-refractivity contribution in [2.24, 2.45) is 0 Å². The number of aliphatic carboxylic acids is 1. The molecule has 0 bridgehead atoms. The number of nitrogens with one attached hydrogen (secondary N) is 2. The molecular formula is C21H31IN2O5. The smallest absolute Gasteiger partial charge is 0.408 e. The van der Waals surface area contributed by atoms with E-state index >= 15 is 0 Å².